The lowest BCUT2D eigenvalue weighted by Crippen LogP contribution is -2.39. The molecule has 2 rings (SSSR count). The van der Waals surface area contributed by atoms with Crippen LogP contribution in [0.15, 0.2) is 0 Å². The molecule has 18 heavy (non-hydrogen) atoms. The van der Waals surface area contributed by atoms with Gasteiger partial charge in [-0.15, -0.1) is 24.8 Å². The summed E-state index contributed by atoms with van der Waals surface area (Å²) < 4.78 is 0. The second kappa shape index (κ2) is 11.3. The third-order valence-electron chi connectivity index (χ3n) is 3.57. The molecule has 0 amide bonds. The van der Waals surface area contributed by atoms with E-state index in [2.05, 4.69) is 24.5 Å². The van der Waals surface area contributed by atoms with E-state index in [4.69, 9.17) is 10.2 Å². The quantitative estimate of drug-likeness (QED) is 0.534. The van der Waals surface area contributed by atoms with Crippen LogP contribution in [-0.4, -0.2) is 48.6 Å². The predicted octanol–water partition coefficient (Wildman–Crippen LogP) is 0.797. The molecule has 2 aliphatic rings. The fourth-order valence-corrected chi connectivity index (χ4v) is 1.95. The number of β-amino-alcohol motifs (C(OH)–C–C–N with tert-alkyl or cyclic N) is 2. The summed E-state index contributed by atoms with van der Waals surface area (Å²) in [4.78, 5) is 0. The largest absolute Gasteiger partial charge is 0.392 e. The number of halogens is 2. The van der Waals surface area contributed by atoms with Gasteiger partial charge >= 0.3 is 0 Å². The van der Waals surface area contributed by atoms with E-state index in [1.165, 1.54) is 0 Å². The number of piperidine rings is 2. The van der Waals surface area contributed by atoms with Gasteiger partial charge in [0.05, 0.1) is 12.2 Å². The zero-order valence-corrected chi connectivity index (χ0v) is 12.9. The summed E-state index contributed by atoms with van der Waals surface area (Å²) in [6, 6.07) is 0. The highest BCUT2D eigenvalue weighted by molar-refractivity contribution is 5.85. The zero-order chi connectivity index (χ0) is 12.0. The van der Waals surface area contributed by atoms with Gasteiger partial charge in [-0.2, -0.15) is 0 Å². The molecule has 0 unspecified atom stereocenters. The molecule has 4 nitrogen and oxygen atoms in total. The van der Waals surface area contributed by atoms with Gasteiger partial charge in [0.1, 0.15) is 0 Å². The number of hydrogen-bond acceptors (Lipinski definition) is 4. The van der Waals surface area contributed by atoms with Crippen molar-refractivity contribution in [3.8, 4) is 0 Å². The first kappa shape index (κ1) is 20.7. The van der Waals surface area contributed by atoms with Crippen LogP contribution in [-0.2, 0) is 0 Å². The molecule has 2 heterocycles. The molecular formula is C12H28Cl2N2O2. The van der Waals surface area contributed by atoms with Crippen LogP contribution >= 0.6 is 24.8 Å². The summed E-state index contributed by atoms with van der Waals surface area (Å²) in [5, 5.41) is 24.5. The summed E-state index contributed by atoms with van der Waals surface area (Å²) in [5.74, 6) is 0.993. The molecular weight excluding hydrogens is 275 g/mol. The Morgan fingerprint density at radius 1 is 0.778 bits per heavy atom. The third-order valence-corrected chi connectivity index (χ3v) is 3.57. The van der Waals surface area contributed by atoms with E-state index in [1.807, 2.05) is 0 Å². The predicted molar refractivity (Wildman–Crippen MR) is 79.8 cm³/mol. The van der Waals surface area contributed by atoms with Crippen molar-refractivity contribution < 1.29 is 10.2 Å². The molecule has 6 heteroatoms. The van der Waals surface area contributed by atoms with E-state index in [9.17, 15) is 0 Å². The molecule has 4 atom stereocenters. The van der Waals surface area contributed by atoms with Crippen molar-refractivity contribution in [3.63, 3.8) is 0 Å². The minimum atomic E-state index is -0.108. The monoisotopic (exact) mass is 302 g/mol. The maximum Gasteiger partial charge on any atom is 0.0690 e. The van der Waals surface area contributed by atoms with Crippen LogP contribution in [0.1, 0.15) is 26.7 Å². The Balaban J connectivity index is 0. The molecule has 112 valence electrons. The molecule has 0 aromatic rings. The van der Waals surface area contributed by atoms with Gasteiger partial charge in [0.15, 0.2) is 0 Å². The highest BCUT2D eigenvalue weighted by atomic mass is 35.5. The number of rotatable bonds is 0. The van der Waals surface area contributed by atoms with Gasteiger partial charge in [-0.05, 0) is 37.8 Å². The lowest BCUT2D eigenvalue weighted by molar-refractivity contribution is 0.0913. The summed E-state index contributed by atoms with van der Waals surface area (Å²) in [6.45, 7) is 7.87. The molecule has 0 radical (unpaired) electrons. The molecule has 0 aromatic heterocycles. The SMILES string of the molecule is C[C@@H]1CCNC[C@H]1O.C[C@H]1CCNC[C@@H]1O.Cl.Cl. The highest BCUT2D eigenvalue weighted by Gasteiger charge is 2.17. The number of aliphatic hydroxyl groups excluding tert-OH is 2. The molecule has 4 N–H and O–H groups in total. The van der Waals surface area contributed by atoms with Crippen molar-refractivity contribution >= 4 is 24.8 Å². The highest BCUT2D eigenvalue weighted by Crippen LogP contribution is 2.10. The van der Waals surface area contributed by atoms with Crippen molar-refractivity contribution in [2.45, 2.75) is 38.9 Å². The van der Waals surface area contributed by atoms with Gasteiger partial charge in [0.25, 0.3) is 0 Å². The van der Waals surface area contributed by atoms with Crippen molar-refractivity contribution in [1.29, 1.82) is 0 Å². The second-order valence-corrected chi connectivity index (χ2v) is 5.07. The average Bonchev–Trinajstić information content (AvgIpc) is 2.28. The topological polar surface area (TPSA) is 64.5 Å². The number of nitrogens with one attached hydrogen (secondary N) is 2. The van der Waals surface area contributed by atoms with Gasteiger partial charge in [-0.3, -0.25) is 0 Å². The number of hydrogen-bond donors (Lipinski definition) is 4. The van der Waals surface area contributed by atoms with Crippen LogP contribution in [0.4, 0.5) is 0 Å². The van der Waals surface area contributed by atoms with Crippen molar-refractivity contribution in [2.75, 3.05) is 26.2 Å². The Labute approximate surface area is 123 Å². The van der Waals surface area contributed by atoms with E-state index in [-0.39, 0.29) is 37.0 Å². The van der Waals surface area contributed by atoms with Crippen LogP contribution in [0.3, 0.4) is 0 Å². The number of aliphatic hydroxyl groups is 2. The first-order chi connectivity index (χ1) is 7.61. The first-order valence-electron chi connectivity index (χ1n) is 6.38. The van der Waals surface area contributed by atoms with Gasteiger partial charge in [0.2, 0.25) is 0 Å². The van der Waals surface area contributed by atoms with E-state index in [0.717, 1.165) is 39.0 Å². The molecule has 0 aromatic carbocycles. The Kier molecular flexibility index (Phi) is 13.0. The summed E-state index contributed by atoms with van der Waals surface area (Å²) in [7, 11) is 0. The molecule has 2 aliphatic heterocycles. The Morgan fingerprint density at radius 2 is 1.11 bits per heavy atom. The standard InChI is InChI=1S/2C6H13NO.2ClH/c2*1-5-2-3-7-4-6(5)8;;/h2*5-8H,2-4H2,1H3;2*1H/t2*5-,6-;;/m10../s1. The second-order valence-electron chi connectivity index (χ2n) is 5.07. The lowest BCUT2D eigenvalue weighted by atomic mass is 9.98. The Bertz CT molecular complexity index is 159. The normalized spacial score (nSPS) is 35.3. The molecule has 0 saturated carbocycles. The molecule has 0 bridgehead atoms. The van der Waals surface area contributed by atoms with E-state index in [1.54, 1.807) is 0 Å². The van der Waals surface area contributed by atoms with Crippen LogP contribution in [0.2, 0.25) is 0 Å². The fourth-order valence-electron chi connectivity index (χ4n) is 1.95. The minimum absolute atomic E-state index is 0. The summed E-state index contributed by atoms with van der Waals surface area (Å²) in [5.41, 5.74) is 0. The fraction of sp³-hybridized carbons (Fsp3) is 1.00. The molecule has 2 saturated heterocycles. The first-order valence-corrected chi connectivity index (χ1v) is 6.38. The lowest BCUT2D eigenvalue weighted by Gasteiger charge is -2.24. The molecule has 0 spiro atoms. The van der Waals surface area contributed by atoms with Crippen LogP contribution < -0.4 is 10.6 Å². The third kappa shape index (κ3) is 7.77. The molecule has 2 fully saturated rings. The maximum absolute atomic E-state index is 9.12. The smallest absolute Gasteiger partial charge is 0.0690 e. The van der Waals surface area contributed by atoms with Crippen molar-refractivity contribution in [1.82, 2.24) is 10.6 Å². The van der Waals surface area contributed by atoms with Crippen LogP contribution in [0.25, 0.3) is 0 Å². The van der Waals surface area contributed by atoms with Crippen molar-refractivity contribution in [3.05, 3.63) is 0 Å². The molecule has 0 aliphatic carbocycles. The zero-order valence-electron chi connectivity index (χ0n) is 11.3. The van der Waals surface area contributed by atoms with E-state index >= 15 is 0 Å². The van der Waals surface area contributed by atoms with Crippen molar-refractivity contribution in [2.24, 2.45) is 11.8 Å². The summed E-state index contributed by atoms with van der Waals surface area (Å²) in [6.07, 6.45) is 2.01. The summed E-state index contributed by atoms with van der Waals surface area (Å²) >= 11 is 0. The van der Waals surface area contributed by atoms with Gasteiger partial charge in [0, 0.05) is 13.1 Å². The van der Waals surface area contributed by atoms with E-state index < -0.39 is 0 Å². The Morgan fingerprint density at radius 3 is 1.28 bits per heavy atom. The average molecular weight is 303 g/mol. The van der Waals surface area contributed by atoms with Crippen LogP contribution in [0, 0.1) is 11.8 Å². The van der Waals surface area contributed by atoms with E-state index in [0.29, 0.717) is 11.8 Å². The maximum atomic E-state index is 9.12. The minimum Gasteiger partial charge on any atom is -0.392 e. The van der Waals surface area contributed by atoms with Gasteiger partial charge < -0.3 is 20.8 Å². The van der Waals surface area contributed by atoms with Gasteiger partial charge in [-0.25, -0.2) is 0 Å². The van der Waals surface area contributed by atoms with Gasteiger partial charge in [-0.1, -0.05) is 13.8 Å². The van der Waals surface area contributed by atoms with Crippen LogP contribution in [0.5, 0.6) is 0 Å². The Hall–Kier alpha value is 0.420.